The molecule has 19 heavy (non-hydrogen) atoms. The van der Waals surface area contributed by atoms with Crippen LogP contribution in [0.2, 0.25) is 5.15 Å². The Morgan fingerprint density at radius 1 is 1.21 bits per heavy atom. The molecule has 0 saturated heterocycles. The van der Waals surface area contributed by atoms with Crippen LogP contribution in [0.3, 0.4) is 0 Å². The summed E-state index contributed by atoms with van der Waals surface area (Å²) >= 11 is 8.86. The highest BCUT2D eigenvalue weighted by Crippen LogP contribution is 2.26. The predicted octanol–water partition coefficient (Wildman–Crippen LogP) is 3.85. The second kappa shape index (κ2) is 5.90. The van der Waals surface area contributed by atoms with Gasteiger partial charge in [-0.15, -0.1) is 0 Å². The van der Waals surface area contributed by atoms with Gasteiger partial charge in [-0.1, -0.05) is 11.6 Å². The molecule has 2 rings (SSSR count). The van der Waals surface area contributed by atoms with Crippen LogP contribution in [-0.2, 0) is 0 Å². The highest BCUT2D eigenvalue weighted by Gasteiger charge is 2.05. The van der Waals surface area contributed by atoms with Crippen LogP contribution in [0, 0.1) is 0 Å². The minimum atomic E-state index is -0.441. The quantitative estimate of drug-likeness (QED) is 0.726. The van der Waals surface area contributed by atoms with Crippen molar-refractivity contribution in [2.24, 2.45) is 0 Å². The second-order valence-electron chi connectivity index (χ2n) is 3.61. The van der Waals surface area contributed by atoms with E-state index < -0.39 is 6.03 Å². The third-order valence-electron chi connectivity index (χ3n) is 2.19. The first-order chi connectivity index (χ1) is 9.04. The number of urea groups is 1. The number of rotatable bonds is 2. The molecule has 98 valence electrons. The third kappa shape index (κ3) is 3.84. The first kappa shape index (κ1) is 13.6. The number of phenolic OH excluding ortho intramolecular Hbond substituents is 1. The van der Waals surface area contributed by atoms with E-state index in [0.29, 0.717) is 21.0 Å². The Morgan fingerprint density at radius 3 is 2.53 bits per heavy atom. The van der Waals surface area contributed by atoms with Gasteiger partial charge in [-0.2, -0.15) is 0 Å². The number of carbonyl (C=O) groups is 1. The van der Waals surface area contributed by atoms with E-state index in [4.69, 9.17) is 11.6 Å². The Labute approximate surface area is 122 Å². The van der Waals surface area contributed by atoms with E-state index in [-0.39, 0.29) is 5.75 Å². The van der Waals surface area contributed by atoms with Crippen molar-refractivity contribution in [3.05, 3.63) is 46.2 Å². The lowest BCUT2D eigenvalue weighted by Gasteiger charge is -2.08. The fourth-order valence-corrected chi connectivity index (χ4v) is 1.78. The minimum absolute atomic E-state index is 0.0461. The first-order valence-electron chi connectivity index (χ1n) is 5.22. The van der Waals surface area contributed by atoms with Gasteiger partial charge in [-0.25, -0.2) is 9.78 Å². The zero-order chi connectivity index (χ0) is 13.8. The number of nitrogens with zero attached hydrogens (tertiary/aromatic N) is 1. The SMILES string of the molecule is O=C(Nc1ccnc(Cl)c1)Nc1ccc(Br)c(O)c1. The normalized spacial score (nSPS) is 10.0. The molecule has 0 aliphatic heterocycles. The summed E-state index contributed by atoms with van der Waals surface area (Å²) in [7, 11) is 0. The van der Waals surface area contributed by atoms with Crippen LogP contribution in [0.15, 0.2) is 41.0 Å². The molecule has 1 aromatic carbocycles. The molecular formula is C12H9BrClN3O2. The van der Waals surface area contributed by atoms with Crippen LogP contribution in [0.4, 0.5) is 16.2 Å². The molecule has 1 heterocycles. The van der Waals surface area contributed by atoms with Crippen molar-refractivity contribution in [2.45, 2.75) is 0 Å². The number of hydrogen-bond donors (Lipinski definition) is 3. The molecule has 0 unspecified atom stereocenters. The standard InChI is InChI=1S/C12H9BrClN3O2/c13-9-2-1-7(5-10(9)18)16-12(19)17-8-3-4-15-11(14)6-8/h1-6,18H,(H2,15,16,17,19). The van der Waals surface area contributed by atoms with E-state index in [1.54, 1.807) is 18.2 Å². The van der Waals surface area contributed by atoms with E-state index in [1.807, 2.05) is 0 Å². The lowest BCUT2D eigenvalue weighted by molar-refractivity contribution is 0.262. The maximum absolute atomic E-state index is 11.7. The summed E-state index contributed by atoms with van der Waals surface area (Å²) in [5.74, 6) is 0.0461. The van der Waals surface area contributed by atoms with Crippen LogP contribution >= 0.6 is 27.5 Å². The van der Waals surface area contributed by atoms with E-state index in [1.165, 1.54) is 18.3 Å². The summed E-state index contributed by atoms with van der Waals surface area (Å²) in [6.07, 6.45) is 1.49. The molecular weight excluding hydrogens is 334 g/mol. The molecule has 1 aromatic heterocycles. The molecule has 0 bridgehead atoms. The number of carbonyl (C=O) groups excluding carboxylic acids is 1. The zero-order valence-electron chi connectivity index (χ0n) is 9.52. The maximum Gasteiger partial charge on any atom is 0.323 e. The molecule has 7 heteroatoms. The number of hydrogen-bond acceptors (Lipinski definition) is 3. The summed E-state index contributed by atoms with van der Waals surface area (Å²) in [6, 6.07) is 7.43. The Kier molecular flexibility index (Phi) is 4.24. The summed E-state index contributed by atoms with van der Waals surface area (Å²) in [5, 5.41) is 15.0. The minimum Gasteiger partial charge on any atom is -0.507 e. The van der Waals surface area contributed by atoms with Gasteiger partial charge in [-0.05, 0) is 40.2 Å². The number of aromatic nitrogens is 1. The zero-order valence-corrected chi connectivity index (χ0v) is 11.9. The molecule has 0 atom stereocenters. The number of amides is 2. The van der Waals surface area contributed by atoms with Gasteiger partial charge in [0.05, 0.1) is 4.47 Å². The van der Waals surface area contributed by atoms with Crippen molar-refractivity contribution in [2.75, 3.05) is 10.6 Å². The fourth-order valence-electron chi connectivity index (χ4n) is 1.36. The van der Waals surface area contributed by atoms with Crippen LogP contribution in [0.25, 0.3) is 0 Å². The molecule has 0 aliphatic carbocycles. The van der Waals surface area contributed by atoms with Gasteiger partial charge in [0, 0.05) is 23.6 Å². The largest absolute Gasteiger partial charge is 0.507 e. The summed E-state index contributed by atoms with van der Waals surface area (Å²) in [5.41, 5.74) is 0.997. The molecule has 0 saturated carbocycles. The van der Waals surface area contributed by atoms with E-state index in [9.17, 15) is 9.90 Å². The lowest BCUT2D eigenvalue weighted by Crippen LogP contribution is -2.19. The maximum atomic E-state index is 11.7. The third-order valence-corrected chi connectivity index (χ3v) is 3.07. The van der Waals surface area contributed by atoms with Gasteiger partial charge in [-0.3, -0.25) is 0 Å². The summed E-state index contributed by atoms with van der Waals surface area (Å²) in [4.78, 5) is 15.5. The number of anilines is 2. The average Bonchev–Trinajstić information content (AvgIpc) is 2.34. The number of benzene rings is 1. The van der Waals surface area contributed by atoms with E-state index in [2.05, 4.69) is 31.5 Å². The van der Waals surface area contributed by atoms with Gasteiger partial charge in [0.15, 0.2) is 0 Å². The van der Waals surface area contributed by atoms with Crippen molar-refractivity contribution in [1.82, 2.24) is 4.98 Å². The Bertz CT molecular complexity index is 622. The number of halogens is 2. The van der Waals surface area contributed by atoms with Crippen LogP contribution in [-0.4, -0.2) is 16.1 Å². The second-order valence-corrected chi connectivity index (χ2v) is 4.85. The Morgan fingerprint density at radius 2 is 1.89 bits per heavy atom. The number of pyridine rings is 1. The van der Waals surface area contributed by atoms with E-state index in [0.717, 1.165) is 0 Å². The number of aromatic hydroxyl groups is 1. The van der Waals surface area contributed by atoms with Crippen LogP contribution < -0.4 is 10.6 Å². The molecule has 0 aliphatic rings. The van der Waals surface area contributed by atoms with Crippen LogP contribution in [0.5, 0.6) is 5.75 Å². The van der Waals surface area contributed by atoms with Gasteiger partial charge in [0.2, 0.25) is 0 Å². The Balaban J connectivity index is 2.03. The summed E-state index contributed by atoms with van der Waals surface area (Å²) < 4.78 is 0.555. The fraction of sp³-hybridized carbons (Fsp3) is 0. The highest BCUT2D eigenvalue weighted by atomic mass is 79.9. The van der Waals surface area contributed by atoms with Crippen molar-refractivity contribution < 1.29 is 9.90 Å². The van der Waals surface area contributed by atoms with Gasteiger partial charge >= 0.3 is 6.03 Å². The van der Waals surface area contributed by atoms with Gasteiger partial charge in [0.1, 0.15) is 10.9 Å². The van der Waals surface area contributed by atoms with Crippen molar-refractivity contribution in [3.8, 4) is 5.75 Å². The molecule has 3 N–H and O–H groups in total. The smallest absolute Gasteiger partial charge is 0.323 e. The van der Waals surface area contributed by atoms with Gasteiger partial charge < -0.3 is 15.7 Å². The van der Waals surface area contributed by atoms with Crippen LogP contribution in [0.1, 0.15) is 0 Å². The van der Waals surface area contributed by atoms with Gasteiger partial charge in [0.25, 0.3) is 0 Å². The average molecular weight is 343 g/mol. The number of phenols is 1. The first-order valence-corrected chi connectivity index (χ1v) is 6.40. The molecule has 2 amide bonds. The predicted molar refractivity (Wildman–Crippen MR) is 77.7 cm³/mol. The number of nitrogens with one attached hydrogen (secondary N) is 2. The van der Waals surface area contributed by atoms with Crippen molar-refractivity contribution in [3.63, 3.8) is 0 Å². The molecule has 0 fully saturated rings. The van der Waals surface area contributed by atoms with E-state index >= 15 is 0 Å². The summed E-state index contributed by atoms with van der Waals surface area (Å²) in [6.45, 7) is 0. The van der Waals surface area contributed by atoms with Crippen molar-refractivity contribution >= 4 is 44.9 Å². The molecule has 0 radical (unpaired) electrons. The molecule has 0 spiro atoms. The Hall–Kier alpha value is -1.79. The highest BCUT2D eigenvalue weighted by molar-refractivity contribution is 9.10. The molecule has 5 nitrogen and oxygen atoms in total. The van der Waals surface area contributed by atoms with Crippen molar-refractivity contribution in [1.29, 1.82) is 0 Å². The molecule has 2 aromatic rings. The topological polar surface area (TPSA) is 74.2 Å². The lowest BCUT2D eigenvalue weighted by atomic mass is 10.3. The monoisotopic (exact) mass is 341 g/mol.